The molecule has 8 nitrogen and oxygen atoms in total. The second kappa shape index (κ2) is 11.0. The number of carbonyl (C=O) groups excluding carboxylic acids is 2. The normalized spacial score (nSPS) is 13.2. The fourth-order valence-corrected chi connectivity index (χ4v) is 4.77. The van der Waals surface area contributed by atoms with Gasteiger partial charge in [-0.15, -0.1) is 11.3 Å². The molecule has 0 spiro atoms. The number of benzene rings is 2. The summed E-state index contributed by atoms with van der Waals surface area (Å²) < 4.78 is 17.4. The highest BCUT2D eigenvalue weighted by Gasteiger charge is 2.15. The number of carbonyl (C=O) groups is 2. The lowest BCUT2D eigenvalue weighted by Crippen LogP contribution is -2.38. The Labute approximate surface area is 213 Å². The van der Waals surface area contributed by atoms with Crippen molar-refractivity contribution in [2.75, 3.05) is 13.4 Å². The van der Waals surface area contributed by atoms with Gasteiger partial charge in [0.15, 0.2) is 11.5 Å². The molecule has 2 heterocycles. The average Bonchev–Trinajstić information content (AvgIpc) is 3.39. The summed E-state index contributed by atoms with van der Waals surface area (Å²) in [6.45, 7) is 1.96. The maximum absolute atomic E-state index is 13.1. The zero-order valence-electron chi connectivity index (χ0n) is 18.5. The van der Waals surface area contributed by atoms with Gasteiger partial charge in [0.1, 0.15) is 11.2 Å². The van der Waals surface area contributed by atoms with Crippen LogP contribution in [-0.2, 0) is 27.4 Å². The Kier molecular flexibility index (Phi) is 7.80. The van der Waals surface area contributed by atoms with Crippen molar-refractivity contribution < 1.29 is 23.8 Å². The van der Waals surface area contributed by atoms with Crippen LogP contribution in [0.2, 0.25) is 10.0 Å². The van der Waals surface area contributed by atoms with Gasteiger partial charge in [0.2, 0.25) is 12.7 Å². The third-order valence-electron chi connectivity index (χ3n) is 4.94. The van der Waals surface area contributed by atoms with Crippen molar-refractivity contribution in [1.29, 1.82) is 0 Å². The van der Waals surface area contributed by atoms with Crippen LogP contribution in [0.15, 0.2) is 41.2 Å². The van der Waals surface area contributed by atoms with E-state index in [4.69, 9.17) is 37.4 Å². The van der Waals surface area contributed by atoms with Gasteiger partial charge >= 0.3 is 5.97 Å². The number of ether oxygens (including phenoxy) is 3. The van der Waals surface area contributed by atoms with Crippen LogP contribution in [0.5, 0.6) is 11.5 Å². The summed E-state index contributed by atoms with van der Waals surface area (Å²) in [5.74, 6) is 0.239. The summed E-state index contributed by atoms with van der Waals surface area (Å²) in [5, 5.41) is 3.61. The lowest BCUT2D eigenvalue weighted by Gasteiger charge is -2.07. The number of hydrogen-bond acceptors (Lipinski definition) is 7. The molecule has 35 heavy (non-hydrogen) atoms. The molecule has 0 saturated heterocycles. The van der Waals surface area contributed by atoms with E-state index in [0.717, 1.165) is 16.9 Å². The summed E-state index contributed by atoms with van der Waals surface area (Å²) in [4.78, 5) is 37.9. The first-order valence-electron chi connectivity index (χ1n) is 10.5. The molecule has 1 amide bonds. The molecule has 0 saturated carbocycles. The fourth-order valence-electron chi connectivity index (χ4n) is 3.29. The smallest absolute Gasteiger partial charge is 0.333 e. The van der Waals surface area contributed by atoms with Gasteiger partial charge in [-0.1, -0.05) is 35.3 Å². The van der Waals surface area contributed by atoms with E-state index in [1.54, 1.807) is 43.3 Å². The topological polar surface area (TPSA) is 95.9 Å². The Morgan fingerprint density at radius 3 is 2.74 bits per heavy atom. The molecule has 3 aromatic rings. The largest absolute Gasteiger partial charge is 0.463 e. The highest BCUT2D eigenvalue weighted by Crippen LogP contribution is 2.32. The maximum atomic E-state index is 13.1. The summed E-state index contributed by atoms with van der Waals surface area (Å²) >= 11 is 13.2. The second-order valence-corrected chi connectivity index (χ2v) is 9.27. The third-order valence-corrected chi connectivity index (χ3v) is 6.56. The van der Waals surface area contributed by atoms with Gasteiger partial charge in [0, 0.05) is 16.6 Å². The molecule has 1 aliphatic rings. The summed E-state index contributed by atoms with van der Waals surface area (Å²) in [7, 11) is 0. The number of halogens is 2. The van der Waals surface area contributed by atoms with Crippen LogP contribution in [-0.4, -0.2) is 29.8 Å². The van der Waals surface area contributed by atoms with Crippen molar-refractivity contribution >= 4 is 58.6 Å². The molecule has 0 aliphatic carbocycles. The van der Waals surface area contributed by atoms with Crippen LogP contribution in [0.25, 0.3) is 12.2 Å². The van der Waals surface area contributed by atoms with Crippen molar-refractivity contribution in [3.05, 3.63) is 77.1 Å². The first-order chi connectivity index (χ1) is 16.8. The SMILES string of the molecule is CCOC(=O)/C=c1\s/c(=C\c2ccc(Cl)cc2Cl)c(=O)n1CC(=O)NCc1ccc2c(c1)OCO2. The summed E-state index contributed by atoms with van der Waals surface area (Å²) in [6.07, 6.45) is 2.79. The minimum Gasteiger partial charge on any atom is -0.463 e. The van der Waals surface area contributed by atoms with Gasteiger partial charge in [0.25, 0.3) is 5.56 Å². The first-order valence-corrected chi connectivity index (χ1v) is 12.1. The zero-order chi connectivity index (χ0) is 24.9. The van der Waals surface area contributed by atoms with Crippen molar-refractivity contribution in [1.82, 2.24) is 9.88 Å². The lowest BCUT2D eigenvalue weighted by atomic mass is 10.2. The number of thiazole rings is 1. The minimum absolute atomic E-state index is 0.159. The van der Waals surface area contributed by atoms with Crippen LogP contribution in [0.3, 0.4) is 0 Å². The molecule has 0 fully saturated rings. The van der Waals surface area contributed by atoms with Crippen LogP contribution >= 0.6 is 34.5 Å². The number of fused-ring (bicyclic) bond motifs is 1. The van der Waals surface area contributed by atoms with Gasteiger partial charge in [-0.25, -0.2) is 4.79 Å². The van der Waals surface area contributed by atoms with Crippen molar-refractivity contribution in [3.8, 4) is 11.5 Å². The maximum Gasteiger partial charge on any atom is 0.333 e. The number of amides is 1. The monoisotopic (exact) mass is 534 g/mol. The Hall–Kier alpha value is -3.27. The molecule has 0 radical (unpaired) electrons. The molecular formula is C24H20Cl2N2O6S. The van der Waals surface area contributed by atoms with E-state index >= 15 is 0 Å². The number of rotatable bonds is 7. The van der Waals surface area contributed by atoms with E-state index < -0.39 is 17.4 Å². The van der Waals surface area contributed by atoms with Gasteiger partial charge in [0.05, 0.1) is 17.2 Å². The quantitative estimate of drug-likeness (QED) is 0.467. The number of aromatic nitrogens is 1. The van der Waals surface area contributed by atoms with Gasteiger partial charge in [-0.3, -0.25) is 14.2 Å². The van der Waals surface area contributed by atoms with E-state index in [9.17, 15) is 14.4 Å². The minimum atomic E-state index is -0.612. The van der Waals surface area contributed by atoms with Crippen LogP contribution < -0.4 is 29.5 Å². The molecule has 4 rings (SSSR count). The molecular weight excluding hydrogens is 515 g/mol. The lowest BCUT2D eigenvalue weighted by molar-refractivity contribution is -0.135. The van der Waals surface area contributed by atoms with Gasteiger partial charge in [-0.2, -0.15) is 0 Å². The molecule has 0 bridgehead atoms. The molecule has 1 N–H and O–H groups in total. The van der Waals surface area contributed by atoms with E-state index in [1.165, 1.54) is 10.6 Å². The molecule has 1 aliphatic heterocycles. The Balaban J connectivity index is 1.60. The van der Waals surface area contributed by atoms with Crippen molar-refractivity contribution in [2.24, 2.45) is 0 Å². The van der Waals surface area contributed by atoms with E-state index in [-0.39, 0.29) is 31.2 Å². The molecule has 0 unspecified atom stereocenters. The van der Waals surface area contributed by atoms with Crippen molar-refractivity contribution in [3.63, 3.8) is 0 Å². The Morgan fingerprint density at radius 1 is 1.17 bits per heavy atom. The fraction of sp³-hybridized carbons (Fsp3) is 0.208. The summed E-state index contributed by atoms with van der Waals surface area (Å²) in [5.41, 5.74) is 0.955. The van der Waals surface area contributed by atoms with E-state index in [1.807, 2.05) is 6.07 Å². The highest BCUT2D eigenvalue weighted by molar-refractivity contribution is 7.07. The first kappa shape index (κ1) is 24.8. The number of nitrogens with one attached hydrogen (secondary N) is 1. The van der Waals surface area contributed by atoms with E-state index in [2.05, 4.69) is 5.32 Å². The summed E-state index contributed by atoms with van der Waals surface area (Å²) in [6, 6.07) is 10.3. The van der Waals surface area contributed by atoms with Crippen LogP contribution in [0, 0.1) is 0 Å². The highest BCUT2D eigenvalue weighted by atomic mass is 35.5. The Morgan fingerprint density at radius 2 is 1.97 bits per heavy atom. The molecule has 0 atom stereocenters. The second-order valence-electron chi connectivity index (χ2n) is 7.37. The van der Waals surface area contributed by atoms with E-state index in [0.29, 0.717) is 31.6 Å². The number of nitrogens with zero attached hydrogens (tertiary/aromatic N) is 1. The number of esters is 1. The molecule has 1 aromatic heterocycles. The average molecular weight is 535 g/mol. The number of hydrogen-bond donors (Lipinski definition) is 1. The molecule has 11 heteroatoms. The predicted molar refractivity (Wildman–Crippen MR) is 133 cm³/mol. The standard InChI is InChI=1S/C24H20Cl2N2O6S/c1-2-32-23(30)10-22-28(24(31)20(35-22)8-15-4-5-16(25)9-17(15)26)12-21(29)27-11-14-3-6-18-19(7-14)34-13-33-18/h3-10H,2,11-13H2,1H3,(H,27,29)/b20-8-,22-10-. The zero-order valence-corrected chi connectivity index (χ0v) is 20.8. The third kappa shape index (κ3) is 6.05. The molecule has 2 aromatic carbocycles. The van der Waals surface area contributed by atoms with Crippen LogP contribution in [0.4, 0.5) is 0 Å². The predicted octanol–water partition coefficient (Wildman–Crippen LogP) is 2.43. The Bertz CT molecular complexity index is 1460. The van der Waals surface area contributed by atoms with Crippen molar-refractivity contribution in [2.45, 2.75) is 20.0 Å². The van der Waals surface area contributed by atoms with Crippen LogP contribution in [0.1, 0.15) is 18.1 Å². The van der Waals surface area contributed by atoms with Gasteiger partial charge in [-0.05, 0) is 48.4 Å². The molecule has 182 valence electrons. The van der Waals surface area contributed by atoms with Gasteiger partial charge < -0.3 is 19.5 Å².